The molecule has 0 aliphatic carbocycles. The van der Waals surface area contributed by atoms with Crippen LogP contribution in [0.4, 0.5) is 0 Å². The minimum Gasteiger partial charge on any atom is -0.383 e. The molecular formula is C6H12N2O5. The van der Waals surface area contributed by atoms with Crippen molar-refractivity contribution in [3.63, 3.8) is 0 Å². The first-order valence-corrected chi connectivity index (χ1v) is 3.79. The Morgan fingerprint density at radius 1 is 1.31 bits per heavy atom. The minimum absolute atomic E-state index is 0.0644. The monoisotopic (exact) mass is 192 g/mol. The Morgan fingerprint density at radius 2 is 1.85 bits per heavy atom. The molecule has 1 atom stereocenters. The highest BCUT2D eigenvalue weighted by atomic mass is 16.6. The molecule has 1 N–H and O–H groups in total. The summed E-state index contributed by atoms with van der Waals surface area (Å²) in [5.74, 6) is 0. The molecule has 0 amide bonds. The normalized spacial score (nSPS) is 14.9. The Hall–Kier alpha value is -1.24. The average molecular weight is 192 g/mol. The summed E-state index contributed by atoms with van der Waals surface area (Å²) in [6, 6.07) is 0. The summed E-state index contributed by atoms with van der Waals surface area (Å²) >= 11 is 0. The molecule has 0 fully saturated rings. The van der Waals surface area contributed by atoms with Gasteiger partial charge in [0.25, 0.3) is 0 Å². The van der Waals surface area contributed by atoms with E-state index in [1.807, 2.05) is 0 Å². The Labute approximate surface area is 74.7 Å². The van der Waals surface area contributed by atoms with Gasteiger partial charge in [0, 0.05) is 16.3 Å². The van der Waals surface area contributed by atoms with Gasteiger partial charge in [-0.3, -0.25) is 20.2 Å². The van der Waals surface area contributed by atoms with Crippen LogP contribution in [0.1, 0.15) is 19.8 Å². The molecule has 0 saturated heterocycles. The lowest BCUT2D eigenvalue weighted by Crippen LogP contribution is -2.33. The predicted molar refractivity (Wildman–Crippen MR) is 43.6 cm³/mol. The van der Waals surface area contributed by atoms with Crippen LogP contribution in [0.2, 0.25) is 0 Å². The molecule has 0 aliphatic heterocycles. The quantitative estimate of drug-likeness (QED) is 0.473. The lowest BCUT2D eigenvalue weighted by molar-refractivity contribution is -0.502. The van der Waals surface area contributed by atoms with E-state index in [0.717, 1.165) is 0 Å². The summed E-state index contributed by atoms with van der Waals surface area (Å²) in [5.41, 5.74) is -1.44. The highest BCUT2D eigenvalue weighted by Crippen LogP contribution is 2.11. The highest BCUT2D eigenvalue weighted by molar-refractivity contribution is 4.70. The Bertz CT molecular complexity index is 203. The van der Waals surface area contributed by atoms with Crippen LogP contribution in [0, 0.1) is 20.2 Å². The second-order valence-corrected chi connectivity index (χ2v) is 3.15. The molecule has 7 heteroatoms. The van der Waals surface area contributed by atoms with E-state index in [4.69, 9.17) is 0 Å². The molecule has 76 valence electrons. The van der Waals surface area contributed by atoms with Crippen LogP contribution in [0.3, 0.4) is 0 Å². The third-order valence-corrected chi connectivity index (χ3v) is 1.53. The minimum atomic E-state index is -1.44. The Balaban J connectivity index is 3.75. The van der Waals surface area contributed by atoms with E-state index >= 15 is 0 Å². The maximum Gasteiger partial charge on any atom is 0.231 e. The molecule has 0 spiro atoms. The van der Waals surface area contributed by atoms with Crippen LogP contribution in [-0.2, 0) is 0 Å². The third kappa shape index (κ3) is 7.13. The summed E-state index contributed by atoms with van der Waals surface area (Å²) < 4.78 is 0. The first-order chi connectivity index (χ1) is 5.83. The zero-order valence-electron chi connectivity index (χ0n) is 7.30. The van der Waals surface area contributed by atoms with Gasteiger partial charge in [0.1, 0.15) is 5.60 Å². The van der Waals surface area contributed by atoms with Gasteiger partial charge in [-0.05, 0) is 13.3 Å². The van der Waals surface area contributed by atoms with Gasteiger partial charge < -0.3 is 5.11 Å². The van der Waals surface area contributed by atoms with Crippen molar-refractivity contribution in [1.82, 2.24) is 0 Å². The van der Waals surface area contributed by atoms with Gasteiger partial charge in [-0.25, -0.2) is 0 Å². The highest BCUT2D eigenvalue weighted by Gasteiger charge is 2.27. The lowest BCUT2D eigenvalue weighted by Gasteiger charge is -2.16. The second-order valence-electron chi connectivity index (χ2n) is 3.15. The topological polar surface area (TPSA) is 107 Å². The van der Waals surface area contributed by atoms with Crippen LogP contribution in [0.5, 0.6) is 0 Å². The zero-order chi connectivity index (χ0) is 10.5. The van der Waals surface area contributed by atoms with Gasteiger partial charge in [-0.15, -0.1) is 0 Å². The molecule has 0 aromatic carbocycles. The number of aliphatic hydroxyl groups is 1. The van der Waals surface area contributed by atoms with E-state index in [1.54, 1.807) is 0 Å². The molecule has 0 saturated carbocycles. The van der Waals surface area contributed by atoms with Gasteiger partial charge in [0.05, 0.1) is 0 Å². The summed E-state index contributed by atoms with van der Waals surface area (Å²) in [6.07, 6.45) is 0.211. The fraction of sp³-hybridized carbons (Fsp3) is 1.00. The lowest BCUT2D eigenvalue weighted by atomic mass is 10.0. The van der Waals surface area contributed by atoms with Crippen molar-refractivity contribution in [3.8, 4) is 0 Å². The molecule has 0 radical (unpaired) electrons. The molecule has 0 aromatic heterocycles. The number of hydrogen-bond acceptors (Lipinski definition) is 5. The first-order valence-electron chi connectivity index (χ1n) is 3.79. The van der Waals surface area contributed by atoms with E-state index in [9.17, 15) is 25.3 Å². The third-order valence-electron chi connectivity index (χ3n) is 1.53. The van der Waals surface area contributed by atoms with Crippen LogP contribution < -0.4 is 0 Å². The molecular weight excluding hydrogens is 180 g/mol. The summed E-state index contributed by atoms with van der Waals surface area (Å²) in [7, 11) is 0. The maximum atomic E-state index is 10.0. The van der Waals surface area contributed by atoms with Gasteiger partial charge >= 0.3 is 0 Å². The van der Waals surface area contributed by atoms with E-state index in [-0.39, 0.29) is 19.4 Å². The molecule has 0 aromatic rings. The standard InChI is InChI=1S/C6H12N2O5/c1-6(9,5-8(12)13)3-2-4-7(10)11/h9H,2-5H2,1H3. The van der Waals surface area contributed by atoms with Crippen LogP contribution in [-0.4, -0.2) is 33.6 Å². The fourth-order valence-corrected chi connectivity index (χ4v) is 0.946. The zero-order valence-corrected chi connectivity index (χ0v) is 7.30. The van der Waals surface area contributed by atoms with Crippen LogP contribution in [0.15, 0.2) is 0 Å². The number of nitro groups is 2. The molecule has 0 aliphatic rings. The molecule has 13 heavy (non-hydrogen) atoms. The summed E-state index contributed by atoms with van der Waals surface area (Å²) in [6.45, 7) is 0.453. The fourth-order valence-electron chi connectivity index (χ4n) is 0.946. The molecule has 7 nitrogen and oxygen atoms in total. The number of hydrogen-bond donors (Lipinski definition) is 1. The van der Waals surface area contributed by atoms with Gasteiger partial charge in [0.2, 0.25) is 13.1 Å². The van der Waals surface area contributed by atoms with Crippen LogP contribution in [0.25, 0.3) is 0 Å². The Kier molecular flexibility index (Phi) is 4.26. The smallest absolute Gasteiger partial charge is 0.231 e. The van der Waals surface area contributed by atoms with E-state index < -0.39 is 22.0 Å². The van der Waals surface area contributed by atoms with E-state index in [1.165, 1.54) is 6.92 Å². The van der Waals surface area contributed by atoms with Gasteiger partial charge in [0.15, 0.2) is 0 Å². The largest absolute Gasteiger partial charge is 0.383 e. The number of nitrogens with zero attached hydrogens (tertiary/aromatic N) is 2. The second kappa shape index (κ2) is 4.70. The maximum absolute atomic E-state index is 10.0. The van der Waals surface area contributed by atoms with E-state index in [0.29, 0.717) is 0 Å². The van der Waals surface area contributed by atoms with Crippen molar-refractivity contribution in [3.05, 3.63) is 20.2 Å². The summed E-state index contributed by atoms with van der Waals surface area (Å²) in [4.78, 5) is 18.8. The van der Waals surface area contributed by atoms with Crippen molar-refractivity contribution in [1.29, 1.82) is 0 Å². The predicted octanol–water partition coefficient (Wildman–Crippen LogP) is 0.0710. The van der Waals surface area contributed by atoms with Crippen molar-refractivity contribution < 1.29 is 15.0 Å². The van der Waals surface area contributed by atoms with Gasteiger partial charge in [-0.2, -0.15) is 0 Å². The molecule has 0 rings (SSSR count). The molecule has 1 unspecified atom stereocenters. The van der Waals surface area contributed by atoms with Gasteiger partial charge in [-0.1, -0.05) is 0 Å². The number of rotatable bonds is 6. The Morgan fingerprint density at radius 3 is 2.23 bits per heavy atom. The van der Waals surface area contributed by atoms with Crippen molar-refractivity contribution >= 4 is 0 Å². The average Bonchev–Trinajstić information content (AvgIpc) is 1.81. The van der Waals surface area contributed by atoms with Crippen LogP contribution >= 0.6 is 0 Å². The molecule has 0 bridgehead atoms. The van der Waals surface area contributed by atoms with Crippen molar-refractivity contribution in [2.75, 3.05) is 13.1 Å². The van der Waals surface area contributed by atoms with E-state index in [2.05, 4.69) is 0 Å². The van der Waals surface area contributed by atoms with Crippen molar-refractivity contribution in [2.45, 2.75) is 25.4 Å². The first kappa shape index (κ1) is 11.8. The van der Waals surface area contributed by atoms with Crippen molar-refractivity contribution in [2.24, 2.45) is 0 Å². The molecule has 0 heterocycles. The summed E-state index contributed by atoms with van der Waals surface area (Å²) in [5, 5.41) is 29.3. The SMILES string of the molecule is CC(O)(CCC[N+](=O)[O-])C[N+](=O)[O-].